The van der Waals surface area contributed by atoms with Crippen LogP contribution in [0.2, 0.25) is 0 Å². The van der Waals surface area contributed by atoms with Gasteiger partial charge < -0.3 is 39.9 Å². The zero-order chi connectivity index (χ0) is 40.6. The number of ether oxygens (including phenoxy) is 2. The van der Waals surface area contributed by atoms with Gasteiger partial charge in [-0.05, 0) is 64.8 Å². The Morgan fingerprint density at radius 1 is 0.793 bits per heavy atom. The van der Waals surface area contributed by atoms with E-state index >= 15 is 0 Å². The fraction of sp³-hybridized carbons (Fsp3) is 0.476. The lowest BCUT2D eigenvalue weighted by Gasteiger charge is -2.29. The molecule has 4 aliphatic rings. The molecule has 14 nitrogen and oxygen atoms in total. The number of aromatic nitrogens is 4. The number of amides is 4. The molecule has 3 fully saturated rings. The second-order valence-corrected chi connectivity index (χ2v) is 18.3. The maximum absolute atomic E-state index is 13.8. The van der Waals surface area contributed by atoms with E-state index < -0.39 is 18.2 Å². The van der Waals surface area contributed by atoms with Gasteiger partial charge in [-0.25, -0.2) is 19.6 Å². The second-order valence-electron chi connectivity index (χ2n) is 15.9. The second kappa shape index (κ2) is 16.7. The highest BCUT2D eigenvalue weighted by Crippen LogP contribution is 2.53. The number of carbonyl (C=O) groups is 4. The Hall–Kier alpha value is -4.96. The van der Waals surface area contributed by atoms with Gasteiger partial charge in [0.15, 0.2) is 0 Å². The Labute approximate surface area is 346 Å². The fourth-order valence-corrected chi connectivity index (χ4v) is 11.4. The van der Waals surface area contributed by atoms with Crippen LogP contribution in [-0.4, -0.2) is 105 Å². The third-order valence-electron chi connectivity index (χ3n) is 12.0. The molecule has 0 bridgehead atoms. The summed E-state index contributed by atoms with van der Waals surface area (Å²) in [6.07, 6.45) is 9.52. The summed E-state index contributed by atoms with van der Waals surface area (Å²) >= 11 is 3.31. The molecule has 4 N–H and O–H groups in total. The van der Waals surface area contributed by atoms with Crippen LogP contribution in [0.3, 0.4) is 0 Å². The summed E-state index contributed by atoms with van der Waals surface area (Å²) < 4.78 is 9.42. The first-order valence-corrected chi connectivity index (χ1v) is 22.0. The summed E-state index contributed by atoms with van der Waals surface area (Å²) in [6.45, 7) is 4.84. The average Bonchev–Trinajstić information content (AvgIpc) is 4.09. The minimum atomic E-state index is -0.698. The lowest BCUT2D eigenvalue weighted by atomic mass is 9.82. The SMILES string of the molecule is COC(=O)NCC(=O)N1CCSC1c1ncc(-c2ccc(-c3ccc(-c4cnc(C5SCCN5C(=O)C(NC(=O)OC)C(C)C)[nH]4)c4c3CC3(CCCC3)C4)cc2)[nH]1. The van der Waals surface area contributed by atoms with Gasteiger partial charge in [-0.2, -0.15) is 0 Å². The number of benzene rings is 2. The molecule has 2 saturated heterocycles. The fourth-order valence-electron chi connectivity index (χ4n) is 9.02. The molecule has 16 heteroatoms. The van der Waals surface area contributed by atoms with Crippen LogP contribution in [0.5, 0.6) is 0 Å². The summed E-state index contributed by atoms with van der Waals surface area (Å²) in [7, 11) is 2.57. The molecule has 3 atom stereocenters. The zero-order valence-electron chi connectivity index (χ0n) is 33.3. The van der Waals surface area contributed by atoms with E-state index in [9.17, 15) is 19.2 Å². The topological polar surface area (TPSA) is 175 Å². The third kappa shape index (κ3) is 7.80. The standard InChI is InChI=1S/C42H50N8O6S2/c1-24(2)34(48-41(54)56-4)37(52)50-16-18-58-39(50)36-44-22-32(47-36)28-12-11-27(29-19-42(20-30(28)29)13-5-6-14-42)25-7-9-26(10-8-25)31-21-43-35(46-31)38-49(15-17-57-38)33(51)23-45-40(53)55-3/h7-12,21-22,24,34,38-39H,5-6,13-20,23H2,1-4H3,(H,43,46)(H,44,47)(H,45,53)(H,48,54). The van der Waals surface area contributed by atoms with E-state index in [1.165, 1.54) is 56.6 Å². The van der Waals surface area contributed by atoms with Gasteiger partial charge in [-0.15, -0.1) is 23.5 Å². The van der Waals surface area contributed by atoms with E-state index in [2.05, 4.69) is 66.7 Å². The maximum Gasteiger partial charge on any atom is 0.407 e. The first-order valence-electron chi connectivity index (χ1n) is 19.9. The largest absolute Gasteiger partial charge is 0.453 e. The number of rotatable bonds is 10. The van der Waals surface area contributed by atoms with Crippen molar-refractivity contribution in [1.29, 1.82) is 0 Å². The van der Waals surface area contributed by atoms with Crippen molar-refractivity contribution in [2.75, 3.05) is 45.4 Å². The Kier molecular flexibility index (Phi) is 11.5. The van der Waals surface area contributed by atoms with Crippen molar-refractivity contribution in [3.8, 4) is 33.6 Å². The van der Waals surface area contributed by atoms with Crippen LogP contribution < -0.4 is 10.6 Å². The summed E-state index contributed by atoms with van der Waals surface area (Å²) in [5.74, 6) is 2.55. The monoisotopic (exact) mass is 826 g/mol. The van der Waals surface area contributed by atoms with Gasteiger partial charge in [0.25, 0.3) is 0 Å². The van der Waals surface area contributed by atoms with E-state index in [1.54, 1.807) is 28.4 Å². The molecule has 2 aromatic heterocycles. The molecule has 3 unspecified atom stereocenters. The number of nitrogens with zero attached hydrogens (tertiary/aromatic N) is 4. The predicted molar refractivity (Wildman–Crippen MR) is 224 cm³/mol. The molecule has 4 amide bonds. The van der Waals surface area contributed by atoms with Crippen molar-refractivity contribution < 1.29 is 28.7 Å². The molecule has 8 rings (SSSR count). The molecular formula is C42H50N8O6S2. The minimum absolute atomic E-state index is 0.112. The van der Waals surface area contributed by atoms with Gasteiger partial charge in [0.05, 0.1) is 38.0 Å². The lowest BCUT2D eigenvalue weighted by molar-refractivity contribution is -0.134. The summed E-state index contributed by atoms with van der Waals surface area (Å²) in [5, 5.41) is 4.66. The molecule has 1 spiro atoms. The van der Waals surface area contributed by atoms with E-state index in [4.69, 9.17) is 9.72 Å². The van der Waals surface area contributed by atoms with E-state index in [-0.39, 0.29) is 40.4 Å². The van der Waals surface area contributed by atoms with Crippen molar-refractivity contribution >= 4 is 47.5 Å². The summed E-state index contributed by atoms with van der Waals surface area (Å²) in [5.41, 5.74) is 9.43. The molecular weight excluding hydrogens is 777 g/mol. The number of fused-ring (bicyclic) bond motifs is 1. The van der Waals surface area contributed by atoms with Crippen molar-refractivity contribution in [1.82, 2.24) is 40.4 Å². The number of hydrogen-bond acceptors (Lipinski definition) is 10. The third-order valence-corrected chi connectivity index (χ3v) is 14.4. The number of nitrogens with one attached hydrogen (secondary N) is 4. The number of hydrogen-bond donors (Lipinski definition) is 4. The number of carbonyl (C=O) groups excluding carboxylic acids is 4. The molecule has 2 aliphatic carbocycles. The highest BCUT2D eigenvalue weighted by Gasteiger charge is 2.43. The smallest absolute Gasteiger partial charge is 0.407 e. The van der Waals surface area contributed by atoms with Crippen LogP contribution in [0.25, 0.3) is 33.6 Å². The van der Waals surface area contributed by atoms with Crippen LogP contribution in [0.1, 0.15) is 73.1 Å². The normalized spacial score (nSPS) is 20.1. The van der Waals surface area contributed by atoms with Gasteiger partial charge in [0.2, 0.25) is 11.8 Å². The Morgan fingerprint density at radius 2 is 1.36 bits per heavy atom. The maximum atomic E-state index is 13.8. The highest BCUT2D eigenvalue weighted by molar-refractivity contribution is 8.00. The van der Waals surface area contributed by atoms with Crippen LogP contribution in [-0.2, 0) is 31.9 Å². The number of alkyl carbamates (subject to hydrolysis) is 2. The van der Waals surface area contributed by atoms with Gasteiger partial charge >= 0.3 is 12.2 Å². The summed E-state index contributed by atoms with van der Waals surface area (Å²) in [4.78, 5) is 70.4. The quantitative estimate of drug-likeness (QED) is 0.135. The van der Waals surface area contributed by atoms with E-state index in [0.717, 1.165) is 58.2 Å². The Balaban J connectivity index is 1.03. The molecule has 4 heterocycles. The Bertz CT molecular complexity index is 2180. The average molecular weight is 827 g/mol. The number of imidazole rings is 2. The van der Waals surface area contributed by atoms with E-state index in [0.29, 0.717) is 18.9 Å². The first kappa shape index (κ1) is 39.8. The number of thioether (sulfide) groups is 2. The van der Waals surface area contributed by atoms with Crippen LogP contribution in [0.15, 0.2) is 48.8 Å². The van der Waals surface area contributed by atoms with Crippen molar-refractivity contribution in [3.63, 3.8) is 0 Å². The Morgan fingerprint density at radius 3 is 2.02 bits per heavy atom. The molecule has 2 aromatic carbocycles. The zero-order valence-corrected chi connectivity index (χ0v) is 34.9. The number of H-pyrrole nitrogens is 2. The molecule has 58 heavy (non-hydrogen) atoms. The molecule has 2 aliphatic heterocycles. The van der Waals surface area contributed by atoms with E-state index in [1.807, 2.05) is 31.1 Å². The van der Waals surface area contributed by atoms with Gasteiger partial charge in [-0.3, -0.25) is 9.59 Å². The number of aromatic amines is 2. The highest BCUT2D eigenvalue weighted by atomic mass is 32.2. The molecule has 1 saturated carbocycles. The van der Waals surface area contributed by atoms with Gasteiger partial charge in [0.1, 0.15) is 35.0 Å². The lowest BCUT2D eigenvalue weighted by Crippen LogP contribution is -2.51. The van der Waals surface area contributed by atoms with Crippen molar-refractivity contribution in [3.05, 3.63) is 71.6 Å². The minimum Gasteiger partial charge on any atom is -0.453 e. The van der Waals surface area contributed by atoms with Gasteiger partial charge in [0, 0.05) is 30.2 Å². The molecule has 0 radical (unpaired) electrons. The molecule has 306 valence electrons. The predicted octanol–water partition coefficient (Wildman–Crippen LogP) is 6.68. The van der Waals surface area contributed by atoms with Crippen molar-refractivity contribution in [2.24, 2.45) is 11.3 Å². The van der Waals surface area contributed by atoms with Crippen LogP contribution in [0.4, 0.5) is 9.59 Å². The van der Waals surface area contributed by atoms with Crippen LogP contribution in [0, 0.1) is 11.3 Å². The number of methoxy groups -OCH3 is 2. The first-order chi connectivity index (χ1) is 28.1. The van der Waals surface area contributed by atoms with Crippen LogP contribution >= 0.6 is 23.5 Å². The summed E-state index contributed by atoms with van der Waals surface area (Å²) in [6, 6.07) is 12.4. The van der Waals surface area contributed by atoms with Crippen molar-refractivity contribution in [2.45, 2.75) is 69.2 Å². The van der Waals surface area contributed by atoms with Gasteiger partial charge in [-0.1, -0.05) is 63.1 Å². The molecule has 4 aromatic rings.